The Bertz CT molecular complexity index is 1280. The molecule has 31 heavy (non-hydrogen) atoms. The third-order valence-electron chi connectivity index (χ3n) is 4.87. The van der Waals surface area contributed by atoms with Gasteiger partial charge in [-0.3, -0.25) is 14.2 Å². The molecule has 0 atom stereocenters. The van der Waals surface area contributed by atoms with Crippen molar-refractivity contribution in [3.63, 3.8) is 0 Å². The van der Waals surface area contributed by atoms with Crippen LogP contribution in [0.4, 0.5) is 0 Å². The van der Waals surface area contributed by atoms with E-state index in [1.807, 2.05) is 47.2 Å². The predicted octanol–water partition coefficient (Wildman–Crippen LogP) is 4.48. The number of thiophene rings is 2. The number of thioether (sulfide) groups is 1. The first-order valence-corrected chi connectivity index (χ1v) is 12.2. The number of hydrogen-bond donors (Lipinski definition) is 0. The minimum atomic E-state index is -0.0886. The van der Waals surface area contributed by atoms with Gasteiger partial charge in [0.05, 0.1) is 18.2 Å². The highest BCUT2D eigenvalue weighted by Gasteiger charge is 2.18. The first-order chi connectivity index (χ1) is 15.0. The SMILES string of the molecule is COc1cccc(CN(C)C(=O)CSc2nc3scc(-c4cccs4)c3c(=O)n2C)c1. The maximum atomic E-state index is 13.0. The van der Waals surface area contributed by atoms with Gasteiger partial charge in [0.1, 0.15) is 10.6 Å². The number of ether oxygens (including phenoxy) is 1. The highest BCUT2D eigenvalue weighted by Crippen LogP contribution is 2.34. The molecule has 0 radical (unpaired) electrons. The lowest BCUT2D eigenvalue weighted by molar-refractivity contribution is -0.127. The van der Waals surface area contributed by atoms with Gasteiger partial charge >= 0.3 is 0 Å². The fraction of sp³-hybridized carbons (Fsp3) is 0.227. The Morgan fingerprint density at radius 3 is 2.84 bits per heavy atom. The van der Waals surface area contributed by atoms with Crippen molar-refractivity contribution in [3.05, 3.63) is 63.1 Å². The third kappa shape index (κ3) is 4.53. The number of benzene rings is 1. The first-order valence-electron chi connectivity index (χ1n) is 9.49. The molecule has 0 aliphatic heterocycles. The lowest BCUT2D eigenvalue weighted by Gasteiger charge is -2.17. The third-order valence-corrected chi connectivity index (χ3v) is 7.66. The van der Waals surface area contributed by atoms with E-state index in [2.05, 4.69) is 4.98 Å². The van der Waals surface area contributed by atoms with Crippen LogP contribution in [0.2, 0.25) is 0 Å². The molecular formula is C22H21N3O3S3. The molecule has 0 aliphatic carbocycles. The number of hydrogen-bond acceptors (Lipinski definition) is 7. The van der Waals surface area contributed by atoms with E-state index in [0.29, 0.717) is 21.9 Å². The minimum Gasteiger partial charge on any atom is -0.497 e. The summed E-state index contributed by atoms with van der Waals surface area (Å²) in [6.07, 6.45) is 0. The average molecular weight is 472 g/mol. The van der Waals surface area contributed by atoms with Crippen LogP contribution < -0.4 is 10.3 Å². The van der Waals surface area contributed by atoms with Gasteiger partial charge in [0.2, 0.25) is 5.91 Å². The second-order valence-electron chi connectivity index (χ2n) is 6.96. The zero-order valence-corrected chi connectivity index (χ0v) is 19.8. The molecule has 0 saturated carbocycles. The largest absolute Gasteiger partial charge is 0.497 e. The number of aromatic nitrogens is 2. The Kier molecular flexibility index (Phi) is 6.45. The van der Waals surface area contributed by atoms with E-state index in [9.17, 15) is 9.59 Å². The zero-order valence-electron chi connectivity index (χ0n) is 17.3. The molecule has 3 heterocycles. The molecule has 4 aromatic rings. The topological polar surface area (TPSA) is 64.4 Å². The molecule has 0 fully saturated rings. The molecule has 0 aliphatic rings. The van der Waals surface area contributed by atoms with Crippen LogP contribution in [0.15, 0.2) is 57.1 Å². The lowest BCUT2D eigenvalue weighted by Crippen LogP contribution is -2.28. The number of carbonyl (C=O) groups is 1. The van der Waals surface area contributed by atoms with E-state index in [4.69, 9.17) is 4.74 Å². The van der Waals surface area contributed by atoms with Crippen molar-refractivity contribution >= 4 is 50.6 Å². The van der Waals surface area contributed by atoms with Gasteiger partial charge < -0.3 is 9.64 Å². The van der Waals surface area contributed by atoms with Crippen molar-refractivity contribution in [1.82, 2.24) is 14.5 Å². The molecule has 1 amide bonds. The molecule has 3 aromatic heterocycles. The van der Waals surface area contributed by atoms with Gasteiger partial charge in [-0.15, -0.1) is 22.7 Å². The van der Waals surface area contributed by atoms with Gasteiger partial charge in [0.15, 0.2) is 5.16 Å². The van der Waals surface area contributed by atoms with Gasteiger partial charge in [-0.2, -0.15) is 0 Å². The summed E-state index contributed by atoms with van der Waals surface area (Å²) in [5.74, 6) is 0.931. The molecule has 160 valence electrons. The van der Waals surface area contributed by atoms with E-state index < -0.39 is 0 Å². The monoisotopic (exact) mass is 471 g/mol. The number of rotatable bonds is 7. The zero-order chi connectivity index (χ0) is 22.0. The van der Waals surface area contributed by atoms with Gasteiger partial charge in [-0.1, -0.05) is 30.0 Å². The molecular weight excluding hydrogens is 450 g/mol. The van der Waals surface area contributed by atoms with Gasteiger partial charge in [-0.05, 0) is 29.1 Å². The molecule has 4 rings (SSSR count). The van der Waals surface area contributed by atoms with Gasteiger partial charge in [-0.25, -0.2) is 4.98 Å². The minimum absolute atomic E-state index is 0.0346. The summed E-state index contributed by atoms with van der Waals surface area (Å²) in [7, 11) is 5.09. The highest BCUT2D eigenvalue weighted by molar-refractivity contribution is 7.99. The summed E-state index contributed by atoms with van der Waals surface area (Å²) in [5.41, 5.74) is 1.83. The summed E-state index contributed by atoms with van der Waals surface area (Å²) in [4.78, 5) is 33.8. The summed E-state index contributed by atoms with van der Waals surface area (Å²) in [5, 5.41) is 5.15. The van der Waals surface area contributed by atoms with Crippen LogP contribution in [0, 0.1) is 0 Å². The molecule has 0 N–H and O–H groups in total. The summed E-state index contributed by atoms with van der Waals surface area (Å²) in [6, 6.07) is 11.6. The Balaban J connectivity index is 1.49. The Morgan fingerprint density at radius 2 is 2.10 bits per heavy atom. The van der Waals surface area contributed by atoms with E-state index in [-0.39, 0.29) is 17.2 Å². The van der Waals surface area contributed by atoms with Crippen LogP contribution in [0.3, 0.4) is 0 Å². The fourth-order valence-corrected chi connectivity index (χ4v) is 5.88. The smallest absolute Gasteiger partial charge is 0.263 e. The molecule has 0 spiro atoms. The van der Waals surface area contributed by atoms with Crippen molar-refractivity contribution in [2.75, 3.05) is 19.9 Å². The van der Waals surface area contributed by atoms with E-state index in [1.165, 1.54) is 27.7 Å². The van der Waals surface area contributed by atoms with Crippen LogP contribution in [0.1, 0.15) is 5.56 Å². The molecule has 1 aromatic carbocycles. The van der Waals surface area contributed by atoms with Crippen LogP contribution in [-0.2, 0) is 18.4 Å². The lowest BCUT2D eigenvalue weighted by atomic mass is 10.2. The van der Waals surface area contributed by atoms with Crippen LogP contribution in [0.5, 0.6) is 5.75 Å². The quantitative estimate of drug-likeness (QED) is 0.294. The highest BCUT2D eigenvalue weighted by atomic mass is 32.2. The van der Waals surface area contributed by atoms with Crippen LogP contribution >= 0.6 is 34.4 Å². The Labute approximate surface area is 192 Å². The molecule has 6 nitrogen and oxygen atoms in total. The van der Waals surface area contributed by atoms with E-state index in [0.717, 1.165) is 21.8 Å². The molecule has 0 bridgehead atoms. The average Bonchev–Trinajstić information content (AvgIpc) is 3.44. The number of methoxy groups -OCH3 is 1. The normalized spacial score (nSPS) is 11.1. The van der Waals surface area contributed by atoms with E-state index in [1.54, 1.807) is 37.4 Å². The molecule has 9 heteroatoms. The number of carbonyl (C=O) groups excluding carboxylic acids is 1. The van der Waals surface area contributed by atoms with Crippen molar-refractivity contribution in [1.29, 1.82) is 0 Å². The number of fused-ring (bicyclic) bond motifs is 1. The fourth-order valence-electron chi connectivity index (χ4n) is 3.16. The Hall–Kier alpha value is -2.62. The van der Waals surface area contributed by atoms with E-state index >= 15 is 0 Å². The number of amides is 1. The second kappa shape index (κ2) is 9.25. The number of nitrogens with zero attached hydrogens (tertiary/aromatic N) is 3. The Morgan fingerprint density at radius 1 is 1.26 bits per heavy atom. The molecule has 0 saturated heterocycles. The summed E-state index contributed by atoms with van der Waals surface area (Å²) >= 11 is 4.34. The summed E-state index contributed by atoms with van der Waals surface area (Å²) < 4.78 is 6.77. The predicted molar refractivity (Wildman–Crippen MR) is 128 cm³/mol. The van der Waals surface area contributed by atoms with Crippen LogP contribution in [-0.4, -0.2) is 40.3 Å². The van der Waals surface area contributed by atoms with Crippen molar-refractivity contribution in [2.45, 2.75) is 11.7 Å². The standard InChI is InChI=1S/C22H21N3O3S3/c1-24(11-14-6-4-7-15(10-14)28-3)18(26)13-31-22-23-20-19(21(27)25(22)2)16(12-30-20)17-8-5-9-29-17/h4-10,12H,11,13H2,1-3H3. The van der Waals surface area contributed by atoms with Crippen molar-refractivity contribution < 1.29 is 9.53 Å². The van der Waals surface area contributed by atoms with Crippen LogP contribution in [0.25, 0.3) is 20.7 Å². The van der Waals surface area contributed by atoms with Gasteiger partial charge in [0.25, 0.3) is 5.56 Å². The van der Waals surface area contributed by atoms with Crippen molar-refractivity contribution in [2.24, 2.45) is 7.05 Å². The maximum absolute atomic E-state index is 13.0. The van der Waals surface area contributed by atoms with Gasteiger partial charge in [0, 0.05) is 36.5 Å². The first kappa shape index (κ1) is 21.6. The maximum Gasteiger partial charge on any atom is 0.263 e. The molecule has 0 unspecified atom stereocenters. The van der Waals surface area contributed by atoms with Crippen molar-refractivity contribution in [3.8, 4) is 16.2 Å². The second-order valence-corrected chi connectivity index (χ2v) is 9.70. The summed E-state index contributed by atoms with van der Waals surface area (Å²) in [6.45, 7) is 0.483.